The number of piperidine rings is 1. The fraction of sp³-hybridized carbons (Fsp3) is 0.938. The van der Waals surface area contributed by atoms with Crippen molar-refractivity contribution in [3.63, 3.8) is 0 Å². The molecule has 0 aromatic carbocycles. The second-order valence-corrected chi connectivity index (χ2v) is 6.67. The van der Waals surface area contributed by atoms with E-state index in [-0.39, 0.29) is 36.4 Å². The number of likely N-dealkylation sites (tertiary alicyclic amines) is 1. The van der Waals surface area contributed by atoms with E-state index in [0.717, 1.165) is 51.6 Å². The smallest absolute Gasteiger partial charge is 0.227 e. The van der Waals surface area contributed by atoms with Gasteiger partial charge in [0.15, 0.2) is 0 Å². The van der Waals surface area contributed by atoms with Crippen LogP contribution in [-0.4, -0.2) is 41.1 Å². The zero-order valence-corrected chi connectivity index (χ0v) is 14.0. The summed E-state index contributed by atoms with van der Waals surface area (Å²) in [4.78, 5) is 14.7. The van der Waals surface area contributed by atoms with Gasteiger partial charge >= 0.3 is 0 Å². The standard InChI is InChI=1S/C16H30N2O2.ClH/c1-12(19)13-8-10-18(11-9-13)16(20)14-6-4-2-3-5-7-15(14)17;/h12-15,19H,2-11,17H2,1H3;1H. The Bertz CT molecular complexity index is 317. The van der Waals surface area contributed by atoms with Crippen LogP contribution in [0.3, 0.4) is 0 Å². The van der Waals surface area contributed by atoms with Gasteiger partial charge in [0, 0.05) is 19.1 Å². The van der Waals surface area contributed by atoms with Crippen LogP contribution in [0.15, 0.2) is 0 Å². The molecule has 1 aliphatic heterocycles. The van der Waals surface area contributed by atoms with Crippen LogP contribution in [0.4, 0.5) is 0 Å². The summed E-state index contributed by atoms with van der Waals surface area (Å²) in [5, 5.41) is 9.64. The third-order valence-electron chi connectivity index (χ3n) is 5.17. The van der Waals surface area contributed by atoms with Gasteiger partial charge in [0.05, 0.1) is 12.0 Å². The maximum absolute atomic E-state index is 12.7. The van der Waals surface area contributed by atoms with E-state index in [1.807, 2.05) is 11.8 Å². The van der Waals surface area contributed by atoms with Gasteiger partial charge in [0.2, 0.25) is 5.91 Å². The van der Waals surface area contributed by atoms with E-state index >= 15 is 0 Å². The minimum atomic E-state index is -0.254. The molecule has 5 heteroatoms. The molecule has 0 aromatic rings. The zero-order chi connectivity index (χ0) is 14.5. The molecule has 1 heterocycles. The Balaban J connectivity index is 0.00000220. The quantitative estimate of drug-likeness (QED) is 0.821. The van der Waals surface area contributed by atoms with Gasteiger partial charge < -0.3 is 15.7 Å². The second kappa shape index (κ2) is 8.96. The number of aliphatic hydroxyl groups is 1. The molecule has 3 N–H and O–H groups in total. The van der Waals surface area contributed by atoms with Gasteiger partial charge in [-0.2, -0.15) is 0 Å². The summed E-state index contributed by atoms with van der Waals surface area (Å²) in [6, 6.07) is 0.0392. The molecule has 21 heavy (non-hydrogen) atoms. The van der Waals surface area contributed by atoms with Crippen LogP contribution in [-0.2, 0) is 4.79 Å². The van der Waals surface area contributed by atoms with Crippen molar-refractivity contribution in [2.24, 2.45) is 17.6 Å². The number of hydrogen-bond donors (Lipinski definition) is 2. The zero-order valence-electron chi connectivity index (χ0n) is 13.2. The first-order valence-electron chi connectivity index (χ1n) is 8.32. The molecule has 0 aromatic heterocycles. The van der Waals surface area contributed by atoms with Gasteiger partial charge in [-0.05, 0) is 38.5 Å². The third-order valence-corrected chi connectivity index (χ3v) is 5.17. The summed E-state index contributed by atoms with van der Waals surface area (Å²) >= 11 is 0. The topological polar surface area (TPSA) is 66.6 Å². The van der Waals surface area contributed by atoms with Crippen molar-refractivity contribution in [3.8, 4) is 0 Å². The molecule has 0 spiro atoms. The third kappa shape index (κ3) is 5.11. The SMILES string of the molecule is CC(O)C1CCN(C(=O)C2CCCCCCC2N)CC1.Cl. The summed E-state index contributed by atoms with van der Waals surface area (Å²) in [6.45, 7) is 3.43. The molecule has 0 radical (unpaired) electrons. The monoisotopic (exact) mass is 318 g/mol. The Hall–Kier alpha value is -0.320. The number of halogens is 1. The first kappa shape index (κ1) is 18.7. The molecule has 3 unspecified atom stereocenters. The van der Waals surface area contributed by atoms with E-state index in [1.54, 1.807) is 0 Å². The van der Waals surface area contributed by atoms with Gasteiger partial charge in [-0.15, -0.1) is 12.4 Å². The lowest BCUT2D eigenvalue weighted by atomic mass is 9.85. The molecule has 124 valence electrons. The van der Waals surface area contributed by atoms with Gasteiger partial charge in [0.25, 0.3) is 0 Å². The minimum absolute atomic E-state index is 0. The molecule has 2 fully saturated rings. The molecule has 2 aliphatic rings. The average molecular weight is 319 g/mol. The number of aliphatic hydroxyl groups excluding tert-OH is 1. The Morgan fingerprint density at radius 3 is 2.24 bits per heavy atom. The molecule has 3 atom stereocenters. The fourth-order valence-corrected chi connectivity index (χ4v) is 3.66. The lowest BCUT2D eigenvalue weighted by Gasteiger charge is -2.37. The van der Waals surface area contributed by atoms with E-state index in [0.29, 0.717) is 5.92 Å². The summed E-state index contributed by atoms with van der Waals surface area (Å²) in [5.74, 6) is 0.645. The molecule has 2 rings (SSSR count). The highest BCUT2D eigenvalue weighted by Gasteiger charge is 2.32. The van der Waals surface area contributed by atoms with Crippen molar-refractivity contribution in [3.05, 3.63) is 0 Å². The van der Waals surface area contributed by atoms with Crippen molar-refractivity contribution in [1.82, 2.24) is 4.90 Å². The van der Waals surface area contributed by atoms with Crippen molar-refractivity contribution < 1.29 is 9.90 Å². The molecule has 1 aliphatic carbocycles. The van der Waals surface area contributed by atoms with Crippen molar-refractivity contribution in [1.29, 1.82) is 0 Å². The van der Waals surface area contributed by atoms with Crippen molar-refractivity contribution in [2.75, 3.05) is 13.1 Å². The van der Waals surface area contributed by atoms with Crippen molar-refractivity contribution >= 4 is 18.3 Å². The molecule has 1 amide bonds. The largest absolute Gasteiger partial charge is 0.393 e. The maximum Gasteiger partial charge on any atom is 0.227 e. The Labute approximate surface area is 134 Å². The van der Waals surface area contributed by atoms with Gasteiger partial charge in [-0.25, -0.2) is 0 Å². The highest BCUT2D eigenvalue weighted by Crippen LogP contribution is 2.26. The maximum atomic E-state index is 12.7. The first-order chi connectivity index (χ1) is 9.59. The van der Waals surface area contributed by atoms with Crippen LogP contribution in [0.1, 0.15) is 58.3 Å². The predicted molar refractivity (Wildman–Crippen MR) is 87.4 cm³/mol. The first-order valence-corrected chi connectivity index (χ1v) is 8.32. The van der Waals surface area contributed by atoms with Crippen molar-refractivity contribution in [2.45, 2.75) is 70.4 Å². The number of amides is 1. The van der Waals surface area contributed by atoms with E-state index in [1.165, 1.54) is 12.8 Å². The second-order valence-electron chi connectivity index (χ2n) is 6.67. The van der Waals surface area contributed by atoms with Gasteiger partial charge in [-0.1, -0.05) is 25.7 Å². The van der Waals surface area contributed by atoms with Crippen LogP contribution < -0.4 is 5.73 Å². The Morgan fingerprint density at radius 1 is 1.10 bits per heavy atom. The average Bonchev–Trinajstić information content (AvgIpc) is 2.43. The lowest BCUT2D eigenvalue weighted by Crippen LogP contribution is -2.48. The summed E-state index contributed by atoms with van der Waals surface area (Å²) in [7, 11) is 0. The van der Waals surface area contributed by atoms with Crippen LogP contribution in [0.5, 0.6) is 0 Å². The Kier molecular flexibility index (Phi) is 7.99. The van der Waals surface area contributed by atoms with Crippen LogP contribution in [0, 0.1) is 11.8 Å². The van der Waals surface area contributed by atoms with Crippen LogP contribution >= 0.6 is 12.4 Å². The van der Waals surface area contributed by atoms with E-state index in [4.69, 9.17) is 5.73 Å². The Morgan fingerprint density at radius 2 is 1.67 bits per heavy atom. The van der Waals surface area contributed by atoms with Crippen LogP contribution in [0.2, 0.25) is 0 Å². The number of carbonyl (C=O) groups is 1. The molecule has 4 nitrogen and oxygen atoms in total. The summed E-state index contributed by atoms with van der Waals surface area (Å²) in [6.07, 6.45) is 8.32. The van der Waals surface area contributed by atoms with Gasteiger partial charge in [-0.3, -0.25) is 4.79 Å². The molecule has 0 bridgehead atoms. The highest BCUT2D eigenvalue weighted by atomic mass is 35.5. The fourth-order valence-electron chi connectivity index (χ4n) is 3.66. The van der Waals surface area contributed by atoms with Crippen LogP contribution in [0.25, 0.3) is 0 Å². The number of nitrogens with zero attached hydrogens (tertiary/aromatic N) is 1. The van der Waals surface area contributed by atoms with E-state index < -0.39 is 0 Å². The minimum Gasteiger partial charge on any atom is -0.393 e. The summed E-state index contributed by atoms with van der Waals surface area (Å²) in [5.41, 5.74) is 6.24. The molecular weight excluding hydrogens is 288 g/mol. The predicted octanol–water partition coefficient (Wildman–Crippen LogP) is 2.33. The number of nitrogens with two attached hydrogens (primary N) is 1. The molecule has 1 saturated heterocycles. The molecular formula is C16H31ClN2O2. The van der Waals surface area contributed by atoms with E-state index in [9.17, 15) is 9.90 Å². The number of carbonyl (C=O) groups excluding carboxylic acids is 1. The number of rotatable bonds is 2. The summed E-state index contributed by atoms with van der Waals surface area (Å²) < 4.78 is 0. The lowest BCUT2D eigenvalue weighted by molar-refractivity contribution is -0.138. The highest BCUT2D eigenvalue weighted by molar-refractivity contribution is 5.85. The van der Waals surface area contributed by atoms with Gasteiger partial charge in [0.1, 0.15) is 0 Å². The number of hydrogen-bond acceptors (Lipinski definition) is 3. The van der Waals surface area contributed by atoms with E-state index in [2.05, 4.69) is 0 Å². The normalized spacial score (nSPS) is 30.0. The molecule has 1 saturated carbocycles.